The van der Waals surface area contributed by atoms with E-state index in [1.807, 2.05) is 0 Å². The molecule has 17 heavy (non-hydrogen) atoms. The Kier molecular flexibility index (Phi) is 4.56. The minimum Gasteiger partial charge on any atom is -0.399 e. The Morgan fingerprint density at radius 3 is 2.82 bits per heavy atom. The first-order valence-corrected chi connectivity index (χ1v) is 6.91. The van der Waals surface area contributed by atoms with Crippen LogP contribution in [0.4, 0.5) is 5.69 Å². The third kappa shape index (κ3) is 3.73. The molecule has 0 aromatic heterocycles. The summed E-state index contributed by atoms with van der Waals surface area (Å²) in [5.41, 5.74) is 5.90. The predicted octanol–water partition coefficient (Wildman–Crippen LogP) is 2.17. The number of halogens is 1. The van der Waals surface area contributed by atoms with Crippen molar-refractivity contribution in [2.24, 2.45) is 0 Å². The first-order chi connectivity index (χ1) is 7.86. The first kappa shape index (κ1) is 14.0. The molecular weight excluding hydrogens is 260 g/mol. The summed E-state index contributed by atoms with van der Waals surface area (Å²) >= 11 is 5.85. The summed E-state index contributed by atoms with van der Waals surface area (Å²) in [6, 6.07) is 4.11. The number of nitrogen functional groups attached to an aromatic ring is 1. The molecule has 3 N–H and O–H groups in total. The summed E-state index contributed by atoms with van der Waals surface area (Å²) in [5, 5.41) is 0.150. The number of nitrogens with one attached hydrogen (secondary N) is 1. The Bertz CT molecular complexity index is 514. The molecule has 1 aromatic carbocycles. The maximum atomic E-state index is 12.0. The number of rotatable bonds is 5. The zero-order valence-electron chi connectivity index (χ0n) is 9.48. The van der Waals surface area contributed by atoms with Gasteiger partial charge in [-0.1, -0.05) is 17.7 Å². The monoisotopic (exact) mass is 274 g/mol. The summed E-state index contributed by atoms with van der Waals surface area (Å²) < 4.78 is 26.5. The van der Waals surface area contributed by atoms with Gasteiger partial charge in [-0.15, -0.1) is 6.58 Å². The molecule has 1 unspecified atom stereocenters. The van der Waals surface area contributed by atoms with Crippen molar-refractivity contribution in [3.8, 4) is 0 Å². The molecule has 0 saturated carbocycles. The third-order valence-corrected chi connectivity index (χ3v) is 4.19. The van der Waals surface area contributed by atoms with Gasteiger partial charge in [0, 0.05) is 11.7 Å². The first-order valence-electron chi connectivity index (χ1n) is 5.05. The zero-order valence-corrected chi connectivity index (χ0v) is 11.1. The topological polar surface area (TPSA) is 72.2 Å². The van der Waals surface area contributed by atoms with Crippen LogP contribution in [0.1, 0.15) is 13.3 Å². The van der Waals surface area contributed by atoms with Gasteiger partial charge in [0.2, 0.25) is 10.0 Å². The minimum absolute atomic E-state index is 0.00456. The van der Waals surface area contributed by atoms with E-state index in [0.29, 0.717) is 12.1 Å². The lowest BCUT2D eigenvalue weighted by molar-refractivity contribution is 0.562. The Hall–Kier alpha value is -1.04. The second-order valence-corrected chi connectivity index (χ2v) is 5.83. The molecule has 0 bridgehead atoms. The number of hydrogen-bond acceptors (Lipinski definition) is 3. The fraction of sp³-hybridized carbons (Fsp3) is 0.273. The number of anilines is 1. The second kappa shape index (κ2) is 5.53. The summed E-state index contributed by atoms with van der Waals surface area (Å²) in [6.45, 7) is 5.30. The van der Waals surface area contributed by atoms with Crippen molar-refractivity contribution in [3.05, 3.63) is 35.9 Å². The van der Waals surface area contributed by atoms with E-state index in [1.165, 1.54) is 12.1 Å². The van der Waals surface area contributed by atoms with Crippen molar-refractivity contribution in [2.75, 3.05) is 5.73 Å². The van der Waals surface area contributed by atoms with Gasteiger partial charge in [0.25, 0.3) is 0 Å². The summed E-state index contributed by atoms with van der Waals surface area (Å²) in [7, 11) is -3.64. The van der Waals surface area contributed by atoms with E-state index in [1.54, 1.807) is 19.1 Å². The van der Waals surface area contributed by atoms with Gasteiger partial charge < -0.3 is 5.73 Å². The minimum atomic E-state index is -3.64. The number of hydrogen-bond donors (Lipinski definition) is 2. The van der Waals surface area contributed by atoms with E-state index in [9.17, 15) is 8.42 Å². The van der Waals surface area contributed by atoms with Gasteiger partial charge in [0.15, 0.2) is 0 Å². The Balaban J connectivity index is 3.04. The highest BCUT2D eigenvalue weighted by Crippen LogP contribution is 2.23. The van der Waals surface area contributed by atoms with Crippen LogP contribution in [-0.2, 0) is 10.0 Å². The van der Waals surface area contributed by atoms with Crippen molar-refractivity contribution in [1.29, 1.82) is 0 Å². The molecule has 1 atom stereocenters. The quantitative estimate of drug-likeness (QED) is 0.638. The smallest absolute Gasteiger partial charge is 0.242 e. The highest BCUT2D eigenvalue weighted by molar-refractivity contribution is 7.89. The Morgan fingerprint density at radius 1 is 1.59 bits per heavy atom. The van der Waals surface area contributed by atoms with E-state index in [4.69, 9.17) is 17.3 Å². The molecule has 94 valence electrons. The zero-order chi connectivity index (χ0) is 13.1. The number of nitrogens with two attached hydrogens (primary N) is 1. The van der Waals surface area contributed by atoms with Crippen molar-refractivity contribution >= 4 is 27.3 Å². The molecule has 1 aromatic rings. The van der Waals surface area contributed by atoms with Gasteiger partial charge in [-0.2, -0.15) is 0 Å². The largest absolute Gasteiger partial charge is 0.399 e. The highest BCUT2D eigenvalue weighted by atomic mass is 35.5. The molecule has 0 aliphatic carbocycles. The maximum Gasteiger partial charge on any atom is 0.242 e. The number of sulfonamides is 1. The van der Waals surface area contributed by atoms with Crippen LogP contribution in [0.2, 0.25) is 5.02 Å². The molecule has 1 rings (SSSR count). The summed E-state index contributed by atoms with van der Waals surface area (Å²) in [5.74, 6) is 0. The van der Waals surface area contributed by atoms with E-state index in [2.05, 4.69) is 11.3 Å². The fourth-order valence-electron chi connectivity index (χ4n) is 1.35. The fourth-order valence-corrected chi connectivity index (χ4v) is 3.14. The SMILES string of the molecule is C=CCC(C)NS(=O)(=O)c1cc(N)ccc1Cl. The summed E-state index contributed by atoms with van der Waals surface area (Å²) in [6.07, 6.45) is 2.19. The number of benzene rings is 1. The Morgan fingerprint density at radius 2 is 2.24 bits per heavy atom. The van der Waals surface area contributed by atoms with Crippen LogP contribution in [0.25, 0.3) is 0 Å². The molecule has 0 amide bonds. The predicted molar refractivity (Wildman–Crippen MR) is 70.5 cm³/mol. The van der Waals surface area contributed by atoms with Crippen molar-refractivity contribution in [1.82, 2.24) is 4.72 Å². The normalized spacial score (nSPS) is 13.3. The average Bonchev–Trinajstić information content (AvgIpc) is 2.21. The van der Waals surface area contributed by atoms with Gasteiger partial charge in [-0.05, 0) is 31.5 Å². The molecule has 0 spiro atoms. The van der Waals surface area contributed by atoms with Gasteiger partial charge >= 0.3 is 0 Å². The standard InChI is InChI=1S/C11H15ClN2O2S/c1-3-4-8(2)14-17(15,16)11-7-9(13)5-6-10(11)12/h3,5-8,14H,1,4,13H2,2H3. The third-order valence-electron chi connectivity index (χ3n) is 2.12. The summed E-state index contributed by atoms with van der Waals surface area (Å²) in [4.78, 5) is -0.00456. The van der Waals surface area contributed by atoms with Crippen LogP contribution < -0.4 is 10.5 Å². The molecule has 0 fully saturated rings. The molecule has 0 saturated heterocycles. The van der Waals surface area contributed by atoms with Gasteiger partial charge in [-0.3, -0.25) is 0 Å². The van der Waals surface area contributed by atoms with Crippen LogP contribution >= 0.6 is 11.6 Å². The van der Waals surface area contributed by atoms with Crippen LogP contribution in [-0.4, -0.2) is 14.5 Å². The molecule has 0 heterocycles. The average molecular weight is 275 g/mol. The van der Waals surface area contributed by atoms with Crippen LogP contribution in [0.5, 0.6) is 0 Å². The van der Waals surface area contributed by atoms with Crippen molar-refractivity contribution in [3.63, 3.8) is 0 Å². The van der Waals surface area contributed by atoms with Gasteiger partial charge in [0.05, 0.1) is 5.02 Å². The molecule has 4 nitrogen and oxygen atoms in total. The highest BCUT2D eigenvalue weighted by Gasteiger charge is 2.20. The molecule has 0 aliphatic heterocycles. The van der Waals surface area contributed by atoms with Crippen LogP contribution in [0.15, 0.2) is 35.7 Å². The molecular formula is C11H15ClN2O2S. The molecule has 0 radical (unpaired) electrons. The van der Waals surface area contributed by atoms with Gasteiger partial charge in [0.1, 0.15) is 4.90 Å². The molecule has 6 heteroatoms. The van der Waals surface area contributed by atoms with Crippen molar-refractivity contribution < 1.29 is 8.42 Å². The van der Waals surface area contributed by atoms with Crippen molar-refractivity contribution in [2.45, 2.75) is 24.3 Å². The van der Waals surface area contributed by atoms with E-state index >= 15 is 0 Å². The van der Waals surface area contributed by atoms with E-state index in [-0.39, 0.29) is 16.0 Å². The maximum absolute atomic E-state index is 12.0. The lowest BCUT2D eigenvalue weighted by atomic mass is 10.3. The van der Waals surface area contributed by atoms with Gasteiger partial charge in [-0.25, -0.2) is 13.1 Å². The lowest BCUT2D eigenvalue weighted by Crippen LogP contribution is -2.32. The molecule has 0 aliphatic rings. The van der Waals surface area contributed by atoms with Crippen LogP contribution in [0, 0.1) is 0 Å². The lowest BCUT2D eigenvalue weighted by Gasteiger charge is -2.13. The Labute approximate surface area is 107 Å². The van der Waals surface area contributed by atoms with E-state index < -0.39 is 10.0 Å². The second-order valence-electron chi connectivity index (χ2n) is 3.74. The van der Waals surface area contributed by atoms with E-state index in [0.717, 1.165) is 0 Å². The van der Waals surface area contributed by atoms with Crippen LogP contribution in [0.3, 0.4) is 0 Å².